The third kappa shape index (κ3) is 5.57. The number of aromatic amines is 1. The van der Waals surface area contributed by atoms with E-state index < -0.39 is 5.91 Å². The third-order valence-corrected chi connectivity index (χ3v) is 3.08. The van der Waals surface area contributed by atoms with Gasteiger partial charge in [-0.25, -0.2) is 4.98 Å². The maximum Gasteiger partial charge on any atom is 0.288 e. The molecule has 1 aromatic heterocycles. The summed E-state index contributed by atoms with van der Waals surface area (Å²) in [6, 6.07) is 1.13. The predicted octanol–water partition coefficient (Wildman–Crippen LogP) is 0.401. The molecule has 0 aromatic carbocycles. The van der Waals surface area contributed by atoms with Crippen molar-refractivity contribution in [1.29, 1.82) is 0 Å². The average molecular weight is 315 g/mol. The van der Waals surface area contributed by atoms with Crippen LogP contribution in [0.1, 0.15) is 30.3 Å². The van der Waals surface area contributed by atoms with E-state index in [9.17, 15) is 9.59 Å². The second kappa shape index (κ2) is 8.54. The Balaban J connectivity index is 2.52. The molecule has 0 atom stereocenters. The molecule has 0 aliphatic carbocycles. The fraction of sp³-hybridized carbons (Fsp3) is 0.455. The van der Waals surface area contributed by atoms with E-state index >= 15 is 0 Å². The molecule has 0 radical (unpaired) electrons. The molecule has 4 N–H and O–H groups in total. The van der Waals surface area contributed by atoms with E-state index in [1.54, 1.807) is 6.26 Å². The highest BCUT2D eigenvalue weighted by Gasteiger charge is 2.10. The summed E-state index contributed by atoms with van der Waals surface area (Å²) in [6.07, 6.45) is 3.80. The van der Waals surface area contributed by atoms with Gasteiger partial charge in [-0.15, -0.1) is 0 Å². The maximum absolute atomic E-state index is 11.8. The predicted molar refractivity (Wildman–Crippen MR) is 82.7 cm³/mol. The second-order valence-corrected chi connectivity index (χ2v) is 5.03. The number of carbonyl (C=O) groups excluding carboxylic acids is 1. The fourth-order valence-electron chi connectivity index (χ4n) is 1.25. The lowest BCUT2D eigenvalue weighted by Gasteiger charge is -2.10. The van der Waals surface area contributed by atoms with Crippen molar-refractivity contribution in [2.24, 2.45) is 0 Å². The number of rotatable bonds is 5. The molecular formula is C11H17N5O2S2. The molecule has 110 valence electrons. The van der Waals surface area contributed by atoms with Gasteiger partial charge in [0.25, 0.3) is 11.5 Å². The standard InChI is InChI=1S/C11H17N5O2S2/c1-3-4-5-12-10(19)16-15-9(18)7-6-8(17)14-11(13-7)20-2/h6H,3-5H2,1-2H3,(H,15,18)(H2,12,16,19)(H,13,14,17). The molecule has 0 aliphatic heterocycles. The van der Waals surface area contributed by atoms with Gasteiger partial charge in [0.2, 0.25) is 0 Å². The quantitative estimate of drug-likeness (QED) is 0.205. The number of nitrogens with zero attached hydrogens (tertiary/aromatic N) is 1. The van der Waals surface area contributed by atoms with Gasteiger partial charge in [-0.05, 0) is 24.9 Å². The molecular weight excluding hydrogens is 298 g/mol. The van der Waals surface area contributed by atoms with Crippen molar-refractivity contribution in [3.63, 3.8) is 0 Å². The molecule has 20 heavy (non-hydrogen) atoms. The highest BCUT2D eigenvalue weighted by molar-refractivity contribution is 7.98. The first kappa shape index (κ1) is 16.4. The molecule has 1 amide bonds. The molecule has 0 saturated carbocycles. The highest BCUT2D eigenvalue weighted by Crippen LogP contribution is 2.05. The van der Waals surface area contributed by atoms with Crippen LogP contribution >= 0.6 is 24.0 Å². The molecule has 0 fully saturated rings. The van der Waals surface area contributed by atoms with E-state index in [0.717, 1.165) is 25.5 Å². The Kier molecular flexibility index (Phi) is 7.02. The summed E-state index contributed by atoms with van der Waals surface area (Å²) >= 11 is 6.23. The number of H-pyrrole nitrogens is 1. The second-order valence-electron chi connectivity index (χ2n) is 3.83. The Morgan fingerprint density at radius 3 is 2.90 bits per heavy atom. The van der Waals surface area contributed by atoms with Crippen molar-refractivity contribution < 1.29 is 4.79 Å². The number of amides is 1. The summed E-state index contributed by atoms with van der Waals surface area (Å²) in [4.78, 5) is 29.7. The number of aromatic nitrogens is 2. The zero-order valence-corrected chi connectivity index (χ0v) is 12.9. The van der Waals surface area contributed by atoms with Crippen LogP contribution in [0.15, 0.2) is 16.0 Å². The zero-order chi connectivity index (χ0) is 15.0. The smallest absolute Gasteiger partial charge is 0.288 e. The van der Waals surface area contributed by atoms with Gasteiger partial charge in [-0.1, -0.05) is 25.1 Å². The van der Waals surface area contributed by atoms with Crippen molar-refractivity contribution in [2.45, 2.75) is 24.9 Å². The minimum atomic E-state index is -0.522. The SMILES string of the molecule is CCCCNC(=S)NNC(=O)c1cc(=O)[nH]c(SC)n1. The van der Waals surface area contributed by atoms with E-state index in [1.807, 2.05) is 0 Å². The Labute approximate surface area is 126 Å². The summed E-state index contributed by atoms with van der Waals surface area (Å²) < 4.78 is 0. The molecule has 0 spiro atoms. The number of unbranched alkanes of at least 4 members (excludes halogenated alkanes) is 1. The normalized spacial score (nSPS) is 9.90. The van der Waals surface area contributed by atoms with Crippen LogP contribution in [0.2, 0.25) is 0 Å². The number of nitrogens with one attached hydrogen (secondary N) is 4. The van der Waals surface area contributed by atoms with Gasteiger partial charge in [0.1, 0.15) is 5.69 Å². The summed E-state index contributed by atoms with van der Waals surface area (Å²) in [6.45, 7) is 2.81. The van der Waals surface area contributed by atoms with Gasteiger partial charge in [0.05, 0.1) is 0 Å². The first-order valence-electron chi connectivity index (χ1n) is 6.06. The van der Waals surface area contributed by atoms with E-state index in [-0.39, 0.29) is 11.3 Å². The van der Waals surface area contributed by atoms with Gasteiger partial charge in [0, 0.05) is 12.6 Å². The molecule has 7 nitrogen and oxygen atoms in total. The van der Waals surface area contributed by atoms with Crippen molar-refractivity contribution >= 4 is 35.0 Å². The Bertz CT molecular complexity index is 532. The van der Waals surface area contributed by atoms with E-state index in [2.05, 4.69) is 33.1 Å². The molecule has 1 aromatic rings. The Morgan fingerprint density at radius 2 is 2.25 bits per heavy atom. The van der Waals surface area contributed by atoms with Crippen LogP contribution in [0.5, 0.6) is 0 Å². The van der Waals surface area contributed by atoms with Crippen LogP contribution in [0.25, 0.3) is 0 Å². The Morgan fingerprint density at radius 1 is 1.50 bits per heavy atom. The number of thioether (sulfide) groups is 1. The third-order valence-electron chi connectivity index (χ3n) is 2.25. The fourth-order valence-corrected chi connectivity index (χ4v) is 1.79. The minimum absolute atomic E-state index is 0.0296. The van der Waals surface area contributed by atoms with E-state index in [1.165, 1.54) is 11.8 Å². The topological polar surface area (TPSA) is 98.9 Å². The summed E-state index contributed by atoms with van der Waals surface area (Å²) in [5, 5.41) is 3.64. The van der Waals surface area contributed by atoms with Gasteiger partial charge in [0.15, 0.2) is 10.3 Å². The van der Waals surface area contributed by atoms with Crippen LogP contribution in [-0.2, 0) is 0 Å². The average Bonchev–Trinajstić information content (AvgIpc) is 2.44. The molecule has 1 rings (SSSR count). The van der Waals surface area contributed by atoms with Crippen LogP contribution in [0.3, 0.4) is 0 Å². The van der Waals surface area contributed by atoms with Gasteiger partial charge >= 0.3 is 0 Å². The lowest BCUT2D eigenvalue weighted by molar-refractivity contribution is 0.0937. The van der Waals surface area contributed by atoms with Crippen LogP contribution < -0.4 is 21.7 Å². The molecule has 0 unspecified atom stereocenters. The lowest BCUT2D eigenvalue weighted by Crippen LogP contribution is -2.47. The minimum Gasteiger partial charge on any atom is -0.361 e. The molecule has 9 heteroatoms. The zero-order valence-electron chi connectivity index (χ0n) is 11.3. The summed E-state index contributed by atoms with van der Waals surface area (Å²) in [5.74, 6) is -0.522. The summed E-state index contributed by atoms with van der Waals surface area (Å²) in [5.41, 5.74) is 4.60. The first-order valence-corrected chi connectivity index (χ1v) is 7.69. The number of carbonyl (C=O) groups is 1. The molecule has 0 bridgehead atoms. The number of thiocarbonyl (C=S) groups is 1. The lowest BCUT2D eigenvalue weighted by atomic mass is 10.3. The number of hydrogen-bond acceptors (Lipinski definition) is 5. The van der Waals surface area contributed by atoms with Crippen molar-refractivity contribution in [2.75, 3.05) is 12.8 Å². The highest BCUT2D eigenvalue weighted by atomic mass is 32.2. The van der Waals surface area contributed by atoms with Crippen molar-refractivity contribution in [3.8, 4) is 0 Å². The molecule has 0 saturated heterocycles. The molecule has 1 heterocycles. The number of hydrogen-bond donors (Lipinski definition) is 4. The van der Waals surface area contributed by atoms with Crippen molar-refractivity contribution in [3.05, 3.63) is 22.1 Å². The molecule has 0 aliphatic rings. The van der Waals surface area contributed by atoms with E-state index in [0.29, 0.717) is 10.3 Å². The van der Waals surface area contributed by atoms with Gasteiger partial charge < -0.3 is 10.3 Å². The van der Waals surface area contributed by atoms with E-state index in [4.69, 9.17) is 12.2 Å². The Hall–Kier alpha value is -1.61. The first-order chi connectivity index (χ1) is 9.56. The van der Waals surface area contributed by atoms with Crippen molar-refractivity contribution in [1.82, 2.24) is 26.1 Å². The van der Waals surface area contributed by atoms with Gasteiger partial charge in [-0.2, -0.15) is 0 Å². The van der Waals surface area contributed by atoms with Crippen LogP contribution in [-0.4, -0.2) is 33.8 Å². The monoisotopic (exact) mass is 315 g/mol. The van der Waals surface area contributed by atoms with Gasteiger partial charge in [-0.3, -0.25) is 20.4 Å². The number of hydrazine groups is 1. The van der Waals surface area contributed by atoms with Crippen LogP contribution in [0, 0.1) is 0 Å². The van der Waals surface area contributed by atoms with Crippen LogP contribution in [0.4, 0.5) is 0 Å². The maximum atomic E-state index is 11.8. The largest absolute Gasteiger partial charge is 0.361 e. The summed E-state index contributed by atoms with van der Waals surface area (Å²) in [7, 11) is 0.